The van der Waals surface area contributed by atoms with Crippen LogP contribution in [0.5, 0.6) is 5.75 Å². The lowest BCUT2D eigenvalue weighted by Crippen LogP contribution is -2.15. The van der Waals surface area contributed by atoms with E-state index in [1.165, 1.54) is 11.6 Å². The molecule has 0 aromatic heterocycles. The molecule has 19 heavy (non-hydrogen) atoms. The Morgan fingerprint density at radius 2 is 2.16 bits per heavy atom. The Morgan fingerprint density at radius 3 is 2.84 bits per heavy atom. The number of hydrogen-bond acceptors (Lipinski definition) is 5. The van der Waals surface area contributed by atoms with E-state index in [9.17, 15) is 9.90 Å². The molecule has 0 aliphatic carbocycles. The quantitative estimate of drug-likeness (QED) is 0.328. The number of benzene rings is 1. The van der Waals surface area contributed by atoms with Gasteiger partial charge in [0.25, 0.3) is 5.91 Å². The van der Waals surface area contributed by atoms with Crippen LogP contribution in [0.4, 0.5) is 0 Å². The molecule has 1 atom stereocenters. The number of hydrogen-bond donors (Lipinski definition) is 4. The molecular formula is C13H17NO5. The van der Waals surface area contributed by atoms with Gasteiger partial charge in [-0.05, 0) is 12.5 Å². The minimum absolute atomic E-state index is 0.110. The van der Waals surface area contributed by atoms with Gasteiger partial charge in [-0.2, -0.15) is 0 Å². The Labute approximate surface area is 110 Å². The summed E-state index contributed by atoms with van der Waals surface area (Å²) >= 11 is 0. The number of carbonyl (C=O) groups is 1. The molecule has 104 valence electrons. The number of para-hydroxylation sites is 1. The first-order valence-corrected chi connectivity index (χ1v) is 5.80. The van der Waals surface area contributed by atoms with Crippen molar-refractivity contribution in [2.45, 2.75) is 12.5 Å². The van der Waals surface area contributed by atoms with Gasteiger partial charge in [0, 0.05) is 11.6 Å². The van der Waals surface area contributed by atoms with Gasteiger partial charge >= 0.3 is 0 Å². The van der Waals surface area contributed by atoms with E-state index in [1.54, 1.807) is 24.3 Å². The lowest BCUT2D eigenvalue weighted by Gasteiger charge is -2.14. The number of rotatable bonds is 7. The molecule has 1 aromatic carbocycles. The van der Waals surface area contributed by atoms with Gasteiger partial charge in [-0.1, -0.05) is 24.3 Å². The first-order valence-electron chi connectivity index (χ1n) is 5.80. The summed E-state index contributed by atoms with van der Waals surface area (Å²) in [5.74, 6) is -0.166. The van der Waals surface area contributed by atoms with Crippen LogP contribution in [0.3, 0.4) is 0 Å². The predicted molar refractivity (Wildman–Crippen MR) is 67.7 cm³/mol. The predicted octanol–water partition coefficient (Wildman–Crippen LogP) is 0.543. The fourth-order valence-electron chi connectivity index (χ4n) is 1.51. The molecule has 1 rings (SSSR count). The number of amides is 1. The molecule has 1 amide bonds. The topological polar surface area (TPSA) is 99.0 Å². The third-order valence-corrected chi connectivity index (χ3v) is 2.37. The summed E-state index contributed by atoms with van der Waals surface area (Å²) < 4.78 is 5.30. The molecule has 4 N–H and O–H groups in total. The average Bonchev–Trinajstić information content (AvgIpc) is 2.45. The van der Waals surface area contributed by atoms with Crippen LogP contribution in [0.2, 0.25) is 0 Å². The van der Waals surface area contributed by atoms with E-state index in [1.807, 2.05) is 0 Å². The molecule has 0 aliphatic rings. The van der Waals surface area contributed by atoms with Crippen molar-refractivity contribution in [3.63, 3.8) is 0 Å². The van der Waals surface area contributed by atoms with Crippen molar-refractivity contribution in [1.29, 1.82) is 0 Å². The molecule has 6 nitrogen and oxygen atoms in total. The Balaban J connectivity index is 2.67. The van der Waals surface area contributed by atoms with Crippen molar-refractivity contribution in [3.05, 3.63) is 42.0 Å². The third-order valence-electron chi connectivity index (χ3n) is 2.37. The van der Waals surface area contributed by atoms with E-state index in [0.717, 1.165) is 6.08 Å². The lowest BCUT2D eigenvalue weighted by atomic mass is 10.1. The van der Waals surface area contributed by atoms with E-state index in [4.69, 9.17) is 15.1 Å². The summed E-state index contributed by atoms with van der Waals surface area (Å²) in [7, 11) is 0. The highest BCUT2D eigenvalue weighted by Gasteiger charge is 2.11. The maximum Gasteiger partial charge on any atom is 0.267 e. The monoisotopic (exact) mass is 267 g/mol. The normalized spacial score (nSPS) is 12.4. The summed E-state index contributed by atoms with van der Waals surface area (Å²) in [6.07, 6.45) is 1.93. The molecule has 1 aromatic rings. The summed E-state index contributed by atoms with van der Waals surface area (Å²) in [6.45, 7) is 0.0352. The first-order chi connectivity index (χ1) is 9.19. The zero-order chi connectivity index (χ0) is 14.1. The summed E-state index contributed by atoms with van der Waals surface area (Å²) in [5, 5.41) is 27.0. The highest BCUT2D eigenvalue weighted by atomic mass is 16.5. The maximum absolute atomic E-state index is 10.8. The van der Waals surface area contributed by atoms with Gasteiger partial charge in [0.05, 0.1) is 12.7 Å². The van der Waals surface area contributed by atoms with Crippen molar-refractivity contribution in [1.82, 2.24) is 5.48 Å². The maximum atomic E-state index is 10.8. The van der Waals surface area contributed by atoms with Crippen molar-refractivity contribution < 1.29 is 25.0 Å². The SMILES string of the molecule is O=C(/C=C/C[C@H](O)c1ccccc1OCCO)NO. The molecule has 0 fully saturated rings. The fourth-order valence-corrected chi connectivity index (χ4v) is 1.51. The third kappa shape index (κ3) is 5.09. The number of nitrogens with one attached hydrogen (secondary N) is 1. The second kappa shape index (κ2) is 8.25. The number of aliphatic hydroxyl groups excluding tert-OH is 2. The first kappa shape index (κ1) is 15.2. The van der Waals surface area contributed by atoms with Gasteiger partial charge in [-0.15, -0.1) is 0 Å². The molecule has 0 unspecified atom stereocenters. The van der Waals surface area contributed by atoms with Crippen molar-refractivity contribution in [2.75, 3.05) is 13.2 Å². The van der Waals surface area contributed by atoms with Crippen LogP contribution in [-0.2, 0) is 4.79 Å². The Hall–Kier alpha value is -1.89. The van der Waals surface area contributed by atoms with E-state index in [2.05, 4.69) is 0 Å². The number of aliphatic hydroxyl groups is 2. The molecule has 6 heteroatoms. The second-order valence-electron chi connectivity index (χ2n) is 3.74. The van der Waals surface area contributed by atoms with Crippen molar-refractivity contribution in [3.8, 4) is 5.75 Å². The molecule has 0 radical (unpaired) electrons. The van der Waals surface area contributed by atoms with Crippen LogP contribution in [0.15, 0.2) is 36.4 Å². The minimum atomic E-state index is -0.836. The van der Waals surface area contributed by atoms with Gasteiger partial charge in [0.1, 0.15) is 12.4 Å². The molecule has 0 heterocycles. The van der Waals surface area contributed by atoms with Crippen molar-refractivity contribution in [2.24, 2.45) is 0 Å². The average molecular weight is 267 g/mol. The molecule has 0 bridgehead atoms. The van der Waals surface area contributed by atoms with Crippen LogP contribution < -0.4 is 10.2 Å². The fraction of sp³-hybridized carbons (Fsp3) is 0.308. The van der Waals surface area contributed by atoms with Gasteiger partial charge < -0.3 is 14.9 Å². The van der Waals surface area contributed by atoms with Crippen LogP contribution >= 0.6 is 0 Å². The van der Waals surface area contributed by atoms with E-state index in [0.29, 0.717) is 11.3 Å². The highest BCUT2D eigenvalue weighted by molar-refractivity contribution is 5.86. The van der Waals surface area contributed by atoms with Gasteiger partial charge in [0.15, 0.2) is 0 Å². The molecule has 0 aliphatic heterocycles. The minimum Gasteiger partial charge on any atom is -0.491 e. The summed E-state index contributed by atoms with van der Waals surface area (Å²) in [4.78, 5) is 10.8. The Morgan fingerprint density at radius 1 is 1.42 bits per heavy atom. The van der Waals surface area contributed by atoms with Crippen LogP contribution in [-0.4, -0.2) is 34.5 Å². The highest BCUT2D eigenvalue weighted by Crippen LogP contribution is 2.27. The van der Waals surface area contributed by atoms with E-state index in [-0.39, 0.29) is 19.6 Å². The summed E-state index contributed by atoms with van der Waals surface area (Å²) in [5.41, 5.74) is 2.03. The Bertz CT molecular complexity index is 433. The molecule has 0 saturated carbocycles. The second-order valence-corrected chi connectivity index (χ2v) is 3.74. The largest absolute Gasteiger partial charge is 0.491 e. The van der Waals surface area contributed by atoms with Gasteiger partial charge in [0.2, 0.25) is 0 Å². The standard InChI is InChI=1S/C13H17NO5/c15-8-9-19-12-6-2-1-4-10(12)11(16)5-3-7-13(17)14-18/h1-4,6-7,11,15-16,18H,5,8-9H2,(H,14,17)/b7-3+/t11-/m0/s1. The number of carbonyl (C=O) groups excluding carboxylic acids is 1. The van der Waals surface area contributed by atoms with Crippen molar-refractivity contribution >= 4 is 5.91 Å². The smallest absolute Gasteiger partial charge is 0.267 e. The number of hydroxylamine groups is 1. The molecule has 0 saturated heterocycles. The zero-order valence-corrected chi connectivity index (χ0v) is 10.3. The van der Waals surface area contributed by atoms with Crippen LogP contribution in [0.1, 0.15) is 18.1 Å². The van der Waals surface area contributed by atoms with Gasteiger partial charge in [-0.3, -0.25) is 10.0 Å². The van der Waals surface area contributed by atoms with E-state index < -0.39 is 12.0 Å². The zero-order valence-electron chi connectivity index (χ0n) is 10.3. The van der Waals surface area contributed by atoms with Crippen LogP contribution in [0.25, 0.3) is 0 Å². The summed E-state index contributed by atoms with van der Waals surface area (Å²) in [6, 6.07) is 6.92. The van der Waals surface area contributed by atoms with Gasteiger partial charge in [-0.25, -0.2) is 5.48 Å². The van der Waals surface area contributed by atoms with Crippen LogP contribution in [0, 0.1) is 0 Å². The van der Waals surface area contributed by atoms with E-state index >= 15 is 0 Å². The molecule has 0 spiro atoms. The number of ether oxygens (including phenoxy) is 1. The Kier molecular flexibility index (Phi) is 6.59. The molecular weight excluding hydrogens is 250 g/mol. The lowest BCUT2D eigenvalue weighted by molar-refractivity contribution is -0.124.